The predicted molar refractivity (Wildman–Crippen MR) is 86.5 cm³/mol. The van der Waals surface area contributed by atoms with E-state index in [0.717, 1.165) is 5.69 Å². The van der Waals surface area contributed by atoms with Crippen LogP contribution < -0.4 is 5.32 Å². The molecule has 0 radical (unpaired) electrons. The van der Waals surface area contributed by atoms with Gasteiger partial charge in [-0.1, -0.05) is 18.2 Å². The highest BCUT2D eigenvalue weighted by Gasteiger charge is 2.34. The van der Waals surface area contributed by atoms with Gasteiger partial charge in [0.2, 0.25) is 0 Å². The van der Waals surface area contributed by atoms with Gasteiger partial charge in [0.05, 0.1) is 19.1 Å². The molecule has 1 aromatic heterocycles. The summed E-state index contributed by atoms with van der Waals surface area (Å²) >= 11 is 0. The van der Waals surface area contributed by atoms with Gasteiger partial charge < -0.3 is 5.32 Å². The third-order valence-corrected chi connectivity index (χ3v) is 4.23. The van der Waals surface area contributed by atoms with Crippen molar-refractivity contribution in [3.63, 3.8) is 0 Å². The molecule has 2 heterocycles. The molecule has 5 nitrogen and oxygen atoms in total. The van der Waals surface area contributed by atoms with Crippen LogP contribution in [-0.4, -0.2) is 52.7 Å². The van der Waals surface area contributed by atoms with Crippen LogP contribution in [0.4, 0.5) is 13.2 Å². The van der Waals surface area contributed by atoms with Gasteiger partial charge in [0.15, 0.2) is 0 Å². The van der Waals surface area contributed by atoms with Crippen LogP contribution in [0.5, 0.6) is 0 Å². The number of halogens is 3. The van der Waals surface area contributed by atoms with Gasteiger partial charge in [-0.05, 0) is 31.0 Å². The Morgan fingerprint density at radius 1 is 1.28 bits per heavy atom. The number of rotatable bonds is 5. The summed E-state index contributed by atoms with van der Waals surface area (Å²) in [5, 5.41) is 2.81. The molecule has 0 bridgehead atoms. The average Bonchev–Trinajstić information content (AvgIpc) is 3.21. The van der Waals surface area contributed by atoms with Crippen molar-refractivity contribution in [2.24, 2.45) is 5.92 Å². The summed E-state index contributed by atoms with van der Waals surface area (Å²) in [6.07, 6.45) is -0.494. The number of benzene rings is 1. The number of carbonyl (C=O) groups excluding carboxylic acids is 1. The molecule has 1 aliphatic rings. The lowest BCUT2D eigenvalue weighted by atomic mass is 10.1. The van der Waals surface area contributed by atoms with Crippen LogP contribution in [0.15, 0.2) is 42.9 Å². The smallest absolute Gasteiger partial charge is 0.350 e. The van der Waals surface area contributed by atoms with Gasteiger partial charge in [-0.15, -0.1) is 0 Å². The highest BCUT2D eigenvalue weighted by molar-refractivity contribution is 5.93. The van der Waals surface area contributed by atoms with E-state index in [1.807, 2.05) is 30.3 Å². The van der Waals surface area contributed by atoms with Crippen LogP contribution in [0, 0.1) is 5.92 Å². The zero-order chi connectivity index (χ0) is 17.9. The van der Waals surface area contributed by atoms with Gasteiger partial charge in [0.1, 0.15) is 5.69 Å². The highest BCUT2D eigenvalue weighted by atomic mass is 19.4. The standard InChI is InChI=1S/C17H19F3N4O/c18-17(19,20)11-23-7-6-13(10-23)8-22-16(25)15-9-21-12-24(15)14-4-2-1-3-5-14/h1-5,9,12-13H,6-8,10-11H2,(H,22,25). The van der Waals surface area contributed by atoms with E-state index >= 15 is 0 Å². The maximum atomic E-state index is 12.4. The Morgan fingerprint density at radius 2 is 2.04 bits per heavy atom. The number of nitrogens with one attached hydrogen (secondary N) is 1. The van der Waals surface area contributed by atoms with Gasteiger partial charge in [-0.2, -0.15) is 13.2 Å². The number of hydrogen-bond acceptors (Lipinski definition) is 3. The Bertz CT molecular complexity index is 714. The minimum atomic E-state index is -4.18. The summed E-state index contributed by atoms with van der Waals surface area (Å²) in [7, 11) is 0. The number of likely N-dealkylation sites (tertiary alicyclic amines) is 1. The van der Waals surface area contributed by atoms with Crippen molar-refractivity contribution in [3.05, 3.63) is 48.5 Å². The van der Waals surface area contributed by atoms with Crippen molar-refractivity contribution < 1.29 is 18.0 Å². The molecule has 0 aliphatic carbocycles. The molecular weight excluding hydrogens is 333 g/mol. The summed E-state index contributed by atoms with van der Waals surface area (Å²) in [4.78, 5) is 17.8. The van der Waals surface area contributed by atoms with Gasteiger partial charge in [-0.3, -0.25) is 14.3 Å². The van der Waals surface area contributed by atoms with Crippen LogP contribution in [0.25, 0.3) is 5.69 Å². The molecule has 1 aliphatic heterocycles. The Labute approximate surface area is 143 Å². The first-order valence-electron chi connectivity index (χ1n) is 8.07. The molecule has 1 saturated heterocycles. The molecule has 1 fully saturated rings. The Hall–Kier alpha value is -2.35. The van der Waals surface area contributed by atoms with Crippen LogP contribution in [0.1, 0.15) is 16.9 Å². The topological polar surface area (TPSA) is 50.2 Å². The van der Waals surface area contributed by atoms with E-state index in [0.29, 0.717) is 31.7 Å². The Morgan fingerprint density at radius 3 is 2.76 bits per heavy atom. The molecule has 1 atom stereocenters. The minimum absolute atomic E-state index is 0.0272. The second-order valence-electron chi connectivity index (χ2n) is 6.20. The first kappa shape index (κ1) is 17.5. The lowest BCUT2D eigenvalue weighted by Gasteiger charge is -2.18. The van der Waals surface area contributed by atoms with E-state index in [2.05, 4.69) is 10.3 Å². The second-order valence-corrected chi connectivity index (χ2v) is 6.20. The molecule has 25 heavy (non-hydrogen) atoms. The molecule has 0 spiro atoms. The van der Waals surface area contributed by atoms with Crippen molar-refractivity contribution in [2.45, 2.75) is 12.6 Å². The first-order valence-corrected chi connectivity index (χ1v) is 8.07. The fraction of sp³-hybridized carbons (Fsp3) is 0.412. The van der Waals surface area contributed by atoms with E-state index in [-0.39, 0.29) is 11.8 Å². The molecular formula is C17H19F3N4O. The van der Waals surface area contributed by atoms with E-state index < -0.39 is 12.7 Å². The fourth-order valence-electron chi connectivity index (χ4n) is 3.06. The quantitative estimate of drug-likeness (QED) is 0.900. The second kappa shape index (κ2) is 7.26. The van der Waals surface area contributed by atoms with Crippen molar-refractivity contribution in [2.75, 3.05) is 26.2 Å². The largest absolute Gasteiger partial charge is 0.401 e. The molecule has 1 unspecified atom stereocenters. The third kappa shape index (κ3) is 4.60. The number of amides is 1. The lowest BCUT2D eigenvalue weighted by Crippen LogP contribution is -2.35. The van der Waals surface area contributed by atoms with E-state index in [9.17, 15) is 18.0 Å². The van der Waals surface area contributed by atoms with Gasteiger partial charge in [-0.25, -0.2) is 4.98 Å². The number of hydrogen-bond donors (Lipinski definition) is 1. The maximum absolute atomic E-state index is 12.4. The van der Waals surface area contributed by atoms with Crippen molar-refractivity contribution in [1.82, 2.24) is 19.8 Å². The fourth-order valence-corrected chi connectivity index (χ4v) is 3.06. The molecule has 2 aromatic rings. The summed E-state index contributed by atoms with van der Waals surface area (Å²) in [6, 6.07) is 9.34. The van der Waals surface area contributed by atoms with Crippen LogP contribution >= 0.6 is 0 Å². The van der Waals surface area contributed by atoms with Gasteiger partial charge in [0.25, 0.3) is 5.91 Å². The molecule has 0 saturated carbocycles. The van der Waals surface area contributed by atoms with Crippen LogP contribution in [0.2, 0.25) is 0 Å². The zero-order valence-electron chi connectivity index (χ0n) is 13.5. The number of para-hydroxylation sites is 1. The number of carbonyl (C=O) groups is 1. The molecule has 1 amide bonds. The summed E-state index contributed by atoms with van der Waals surface area (Å²) in [5.74, 6) is -0.255. The minimum Gasteiger partial charge on any atom is -0.350 e. The monoisotopic (exact) mass is 352 g/mol. The third-order valence-electron chi connectivity index (χ3n) is 4.23. The summed E-state index contributed by atoms with van der Waals surface area (Å²) in [5.41, 5.74) is 1.22. The Kier molecular flexibility index (Phi) is 5.08. The first-order chi connectivity index (χ1) is 11.9. The summed E-state index contributed by atoms with van der Waals surface area (Å²) in [6.45, 7) is 0.213. The van der Waals surface area contributed by atoms with Crippen LogP contribution in [0.3, 0.4) is 0 Å². The molecule has 134 valence electrons. The lowest BCUT2D eigenvalue weighted by molar-refractivity contribution is -0.143. The number of alkyl halides is 3. The molecule has 3 rings (SSSR count). The maximum Gasteiger partial charge on any atom is 0.401 e. The zero-order valence-corrected chi connectivity index (χ0v) is 13.5. The van der Waals surface area contributed by atoms with Gasteiger partial charge >= 0.3 is 6.18 Å². The van der Waals surface area contributed by atoms with E-state index in [1.165, 1.54) is 11.1 Å². The predicted octanol–water partition coefficient (Wildman–Crippen LogP) is 2.49. The van der Waals surface area contributed by atoms with E-state index in [1.54, 1.807) is 10.9 Å². The molecule has 1 N–H and O–H groups in total. The van der Waals surface area contributed by atoms with Crippen molar-refractivity contribution >= 4 is 5.91 Å². The Balaban J connectivity index is 1.55. The summed E-state index contributed by atoms with van der Waals surface area (Å²) < 4.78 is 38.9. The molecule has 8 heteroatoms. The SMILES string of the molecule is O=C(NCC1CCN(CC(F)(F)F)C1)c1cncn1-c1ccccc1. The number of aromatic nitrogens is 2. The van der Waals surface area contributed by atoms with Crippen LogP contribution in [-0.2, 0) is 0 Å². The number of nitrogens with zero attached hydrogens (tertiary/aromatic N) is 3. The van der Waals surface area contributed by atoms with Crippen molar-refractivity contribution in [1.29, 1.82) is 0 Å². The number of imidazole rings is 1. The van der Waals surface area contributed by atoms with E-state index in [4.69, 9.17) is 0 Å². The highest BCUT2D eigenvalue weighted by Crippen LogP contribution is 2.22. The average molecular weight is 352 g/mol. The molecule has 1 aromatic carbocycles. The van der Waals surface area contributed by atoms with Crippen molar-refractivity contribution in [3.8, 4) is 5.69 Å². The normalized spacial score (nSPS) is 18.4. The van der Waals surface area contributed by atoms with Gasteiger partial charge in [0, 0.05) is 18.8 Å².